The second kappa shape index (κ2) is 6.31. The summed E-state index contributed by atoms with van der Waals surface area (Å²) in [6, 6.07) is 4.49. The largest absolute Gasteiger partial charge is 0.397 e. The minimum absolute atomic E-state index is 0.0677. The number of nitrogen functional groups attached to an aromatic ring is 1. The molecule has 1 aromatic rings. The van der Waals surface area contributed by atoms with Gasteiger partial charge >= 0.3 is 0 Å². The number of likely N-dealkylation sites (N-methyl/N-ethyl adjacent to an activating group) is 2. The molecule has 7 nitrogen and oxygen atoms in total. The summed E-state index contributed by atoms with van der Waals surface area (Å²) in [4.78, 5) is 15.0. The van der Waals surface area contributed by atoms with Crippen LogP contribution in [0.2, 0.25) is 0 Å². The number of anilines is 2. The van der Waals surface area contributed by atoms with Gasteiger partial charge in [0.25, 0.3) is 0 Å². The first-order valence-corrected chi connectivity index (χ1v) is 7.74. The minimum Gasteiger partial charge on any atom is -0.397 e. The van der Waals surface area contributed by atoms with Crippen molar-refractivity contribution >= 4 is 27.3 Å². The predicted octanol–water partition coefficient (Wildman–Crippen LogP) is 0.0435. The van der Waals surface area contributed by atoms with Gasteiger partial charge in [-0.25, -0.2) is 12.7 Å². The Morgan fingerprint density at radius 2 is 1.71 bits per heavy atom. The molecular formula is C13H22N4O3S. The van der Waals surface area contributed by atoms with Gasteiger partial charge in [-0.3, -0.25) is 4.79 Å². The lowest BCUT2D eigenvalue weighted by atomic mass is 10.2. The highest BCUT2D eigenvalue weighted by molar-refractivity contribution is 7.89. The van der Waals surface area contributed by atoms with E-state index >= 15 is 0 Å². The van der Waals surface area contributed by atoms with Gasteiger partial charge in [-0.1, -0.05) is 0 Å². The van der Waals surface area contributed by atoms with E-state index in [1.54, 1.807) is 32.1 Å². The van der Waals surface area contributed by atoms with Crippen molar-refractivity contribution in [2.24, 2.45) is 0 Å². The normalized spacial score (nSPS) is 11.5. The topological polar surface area (TPSA) is 87.0 Å². The van der Waals surface area contributed by atoms with Crippen molar-refractivity contribution in [2.45, 2.75) is 4.90 Å². The quantitative estimate of drug-likeness (QED) is 0.776. The summed E-state index contributed by atoms with van der Waals surface area (Å²) in [5.74, 6) is -0.0677. The summed E-state index contributed by atoms with van der Waals surface area (Å²) in [5.41, 5.74) is 6.85. The van der Waals surface area contributed by atoms with Crippen molar-refractivity contribution in [3.63, 3.8) is 0 Å². The summed E-state index contributed by atoms with van der Waals surface area (Å²) in [7, 11) is 4.48. The Balaban J connectivity index is 3.07. The fourth-order valence-electron chi connectivity index (χ4n) is 1.68. The number of amides is 1. The Kier molecular flexibility index (Phi) is 5.19. The maximum Gasteiger partial charge on any atom is 0.242 e. The Labute approximate surface area is 126 Å². The van der Waals surface area contributed by atoms with Gasteiger partial charge in [-0.05, 0) is 18.2 Å². The van der Waals surface area contributed by atoms with Gasteiger partial charge in [0.15, 0.2) is 0 Å². The molecule has 1 amide bonds. The summed E-state index contributed by atoms with van der Waals surface area (Å²) in [6.45, 7) is 0.164. The molecule has 0 atom stereocenters. The van der Waals surface area contributed by atoms with Crippen LogP contribution in [0.5, 0.6) is 0 Å². The van der Waals surface area contributed by atoms with Crippen LogP contribution in [-0.4, -0.2) is 65.3 Å². The van der Waals surface area contributed by atoms with Gasteiger partial charge in [0, 0.05) is 35.2 Å². The molecule has 21 heavy (non-hydrogen) atoms. The van der Waals surface area contributed by atoms with E-state index in [1.165, 1.54) is 31.1 Å². The molecule has 1 aromatic carbocycles. The molecule has 0 aliphatic carbocycles. The lowest BCUT2D eigenvalue weighted by Gasteiger charge is -2.23. The Hall–Kier alpha value is -1.80. The van der Waals surface area contributed by atoms with Crippen LogP contribution in [0.4, 0.5) is 11.4 Å². The third-order valence-corrected chi connectivity index (χ3v) is 4.87. The van der Waals surface area contributed by atoms with Crippen LogP contribution in [0.15, 0.2) is 23.1 Å². The number of hydrogen-bond donors (Lipinski definition) is 1. The average Bonchev–Trinajstić information content (AvgIpc) is 2.37. The van der Waals surface area contributed by atoms with E-state index in [0.717, 1.165) is 4.31 Å². The summed E-state index contributed by atoms with van der Waals surface area (Å²) >= 11 is 0. The van der Waals surface area contributed by atoms with E-state index in [4.69, 9.17) is 5.73 Å². The number of hydrogen-bond acceptors (Lipinski definition) is 5. The molecule has 0 aromatic heterocycles. The fraction of sp³-hybridized carbons (Fsp3) is 0.462. The number of benzene rings is 1. The average molecular weight is 314 g/mol. The van der Waals surface area contributed by atoms with Crippen LogP contribution in [0.25, 0.3) is 0 Å². The fourth-order valence-corrected chi connectivity index (χ4v) is 2.62. The SMILES string of the molecule is CN(C)C(=O)CN(C)c1ccc(S(=O)(=O)N(C)C)cc1N. The van der Waals surface area contributed by atoms with E-state index in [2.05, 4.69) is 0 Å². The highest BCUT2D eigenvalue weighted by Gasteiger charge is 2.19. The van der Waals surface area contributed by atoms with Crippen molar-refractivity contribution in [3.8, 4) is 0 Å². The standard InChI is InChI=1S/C13H22N4O3S/c1-15(2)13(18)9-17(5)12-7-6-10(8-11(12)14)21(19,20)16(3)4/h6-8H,9,14H2,1-5H3. The van der Waals surface area contributed by atoms with Crippen LogP contribution in [0.3, 0.4) is 0 Å². The molecule has 1 rings (SSSR count). The first kappa shape index (κ1) is 17.3. The third kappa shape index (κ3) is 3.85. The maximum absolute atomic E-state index is 12.0. The van der Waals surface area contributed by atoms with Crippen LogP contribution in [0, 0.1) is 0 Å². The molecule has 0 radical (unpaired) electrons. The second-order valence-electron chi connectivity index (χ2n) is 5.15. The Morgan fingerprint density at radius 1 is 1.14 bits per heavy atom. The highest BCUT2D eigenvalue weighted by Crippen LogP contribution is 2.26. The van der Waals surface area contributed by atoms with Gasteiger partial charge in [-0.2, -0.15) is 0 Å². The first-order chi connectivity index (χ1) is 9.57. The smallest absolute Gasteiger partial charge is 0.242 e. The van der Waals surface area contributed by atoms with Gasteiger partial charge in [0.1, 0.15) is 0 Å². The number of sulfonamides is 1. The monoisotopic (exact) mass is 314 g/mol. The predicted molar refractivity (Wildman–Crippen MR) is 83.7 cm³/mol. The molecule has 0 aliphatic heterocycles. The molecule has 0 saturated carbocycles. The molecular weight excluding hydrogens is 292 g/mol. The van der Waals surface area contributed by atoms with Crippen molar-refractivity contribution in [1.29, 1.82) is 0 Å². The van der Waals surface area contributed by atoms with Crippen LogP contribution in [-0.2, 0) is 14.8 Å². The summed E-state index contributed by atoms with van der Waals surface area (Å²) in [6.07, 6.45) is 0. The van der Waals surface area contributed by atoms with Gasteiger partial charge < -0.3 is 15.5 Å². The van der Waals surface area contributed by atoms with Gasteiger partial charge in [0.2, 0.25) is 15.9 Å². The Bertz CT molecular complexity index is 626. The molecule has 118 valence electrons. The zero-order valence-corrected chi connectivity index (χ0v) is 13.8. The van der Waals surface area contributed by atoms with Crippen molar-refractivity contribution in [1.82, 2.24) is 9.21 Å². The minimum atomic E-state index is -3.52. The maximum atomic E-state index is 12.0. The van der Waals surface area contributed by atoms with E-state index in [-0.39, 0.29) is 17.3 Å². The van der Waals surface area contributed by atoms with Crippen LogP contribution in [0.1, 0.15) is 0 Å². The number of nitrogens with zero attached hydrogens (tertiary/aromatic N) is 3. The molecule has 0 unspecified atom stereocenters. The van der Waals surface area contributed by atoms with Gasteiger partial charge in [0.05, 0.1) is 22.8 Å². The molecule has 0 fully saturated rings. The van der Waals surface area contributed by atoms with Crippen molar-refractivity contribution in [2.75, 3.05) is 52.4 Å². The number of nitrogens with two attached hydrogens (primary N) is 1. The van der Waals surface area contributed by atoms with Crippen molar-refractivity contribution < 1.29 is 13.2 Å². The van der Waals surface area contributed by atoms with E-state index in [0.29, 0.717) is 11.4 Å². The zero-order valence-electron chi connectivity index (χ0n) is 13.0. The van der Waals surface area contributed by atoms with Crippen LogP contribution >= 0.6 is 0 Å². The number of rotatable bonds is 5. The second-order valence-corrected chi connectivity index (χ2v) is 7.30. The molecule has 2 N–H and O–H groups in total. The molecule has 0 saturated heterocycles. The molecule has 0 bridgehead atoms. The van der Waals surface area contributed by atoms with Gasteiger partial charge in [-0.15, -0.1) is 0 Å². The summed E-state index contributed by atoms with van der Waals surface area (Å²) < 4.78 is 25.2. The summed E-state index contributed by atoms with van der Waals surface area (Å²) in [5, 5.41) is 0. The highest BCUT2D eigenvalue weighted by atomic mass is 32.2. The zero-order chi connectivity index (χ0) is 16.4. The molecule has 8 heteroatoms. The van der Waals surface area contributed by atoms with E-state index < -0.39 is 10.0 Å². The van der Waals surface area contributed by atoms with Crippen LogP contribution < -0.4 is 10.6 Å². The number of carbonyl (C=O) groups excluding carboxylic acids is 1. The first-order valence-electron chi connectivity index (χ1n) is 6.30. The lowest BCUT2D eigenvalue weighted by molar-refractivity contribution is -0.127. The Morgan fingerprint density at radius 3 is 2.14 bits per heavy atom. The lowest BCUT2D eigenvalue weighted by Crippen LogP contribution is -2.34. The van der Waals surface area contributed by atoms with E-state index in [9.17, 15) is 13.2 Å². The van der Waals surface area contributed by atoms with E-state index in [1.807, 2.05) is 0 Å². The molecule has 0 spiro atoms. The third-order valence-electron chi connectivity index (χ3n) is 3.06. The van der Waals surface area contributed by atoms with Crippen molar-refractivity contribution in [3.05, 3.63) is 18.2 Å². The molecule has 0 heterocycles. The molecule has 0 aliphatic rings. The number of carbonyl (C=O) groups is 1.